The number of carbonyl (C=O) groups excluding carboxylic acids is 2. The molecule has 2 rings (SSSR count). The van der Waals surface area contributed by atoms with Crippen molar-refractivity contribution in [3.05, 3.63) is 59.9 Å². The van der Waals surface area contributed by atoms with E-state index in [9.17, 15) is 22.8 Å². The molecule has 0 saturated carbocycles. The van der Waals surface area contributed by atoms with Crippen molar-refractivity contribution < 1.29 is 22.8 Å². The van der Waals surface area contributed by atoms with Gasteiger partial charge < -0.3 is 10.2 Å². The number of hydrogen-bond acceptors (Lipinski definition) is 2. The fourth-order valence-corrected chi connectivity index (χ4v) is 1.95. The summed E-state index contributed by atoms with van der Waals surface area (Å²) in [5, 5.41) is 2.24. The highest BCUT2D eigenvalue weighted by atomic mass is 19.1. The molecule has 0 atom stereocenters. The molecule has 0 aliphatic carbocycles. The van der Waals surface area contributed by atoms with Gasteiger partial charge in [0.15, 0.2) is 0 Å². The Hall–Kier alpha value is -2.83. The Bertz CT molecular complexity index is 750. The molecule has 2 amide bonds. The van der Waals surface area contributed by atoms with Crippen molar-refractivity contribution in [2.24, 2.45) is 0 Å². The van der Waals surface area contributed by atoms with Crippen LogP contribution in [-0.4, -0.2) is 18.4 Å². The first-order chi connectivity index (χ1) is 10.9. The molecule has 120 valence electrons. The van der Waals surface area contributed by atoms with Gasteiger partial charge in [0.05, 0.1) is 5.69 Å². The molecule has 0 aromatic heterocycles. The summed E-state index contributed by atoms with van der Waals surface area (Å²) in [6, 6.07) is 7.87. The van der Waals surface area contributed by atoms with Gasteiger partial charge in [-0.05, 0) is 30.3 Å². The number of hydrogen-bond donors (Lipinski definition) is 1. The molecular weight excluding hydrogens is 309 g/mol. The molecule has 0 unspecified atom stereocenters. The summed E-state index contributed by atoms with van der Waals surface area (Å²) < 4.78 is 39.6. The molecule has 4 nitrogen and oxygen atoms in total. The molecule has 0 spiro atoms. The number of nitrogens with one attached hydrogen (secondary N) is 1. The molecular formula is C16H13F3N2O2. The van der Waals surface area contributed by atoms with Crippen LogP contribution in [0.4, 0.5) is 24.5 Å². The highest BCUT2D eigenvalue weighted by Gasteiger charge is 2.17. The smallest absolute Gasteiger partial charge is 0.244 e. The maximum absolute atomic E-state index is 13.5. The van der Waals surface area contributed by atoms with E-state index < -0.39 is 35.8 Å². The quantitative estimate of drug-likeness (QED) is 0.940. The molecule has 0 aliphatic rings. The lowest BCUT2D eigenvalue weighted by Gasteiger charge is -2.20. The molecule has 2 aromatic rings. The molecule has 1 N–H and O–H groups in total. The number of nitrogens with zero attached hydrogens (tertiary/aromatic N) is 1. The number of halogens is 3. The summed E-state index contributed by atoms with van der Waals surface area (Å²) in [4.78, 5) is 24.7. The second-order valence-corrected chi connectivity index (χ2v) is 4.76. The van der Waals surface area contributed by atoms with Gasteiger partial charge in [0.1, 0.15) is 24.0 Å². The van der Waals surface area contributed by atoms with E-state index in [2.05, 4.69) is 5.32 Å². The molecule has 0 fully saturated rings. The maximum Gasteiger partial charge on any atom is 0.244 e. The first-order valence-corrected chi connectivity index (χ1v) is 6.65. The van der Waals surface area contributed by atoms with Crippen LogP contribution in [0.1, 0.15) is 6.92 Å². The van der Waals surface area contributed by atoms with Gasteiger partial charge in [-0.2, -0.15) is 0 Å². The Morgan fingerprint density at radius 1 is 1.04 bits per heavy atom. The Balaban J connectivity index is 2.14. The zero-order valence-electron chi connectivity index (χ0n) is 12.1. The van der Waals surface area contributed by atoms with E-state index in [4.69, 9.17) is 0 Å². The summed E-state index contributed by atoms with van der Waals surface area (Å²) in [5.74, 6) is -3.44. The predicted octanol–water partition coefficient (Wildman–Crippen LogP) is 3.10. The van der Waals surface area contributed by atoms with E-state index in [-0.39, 0.29) is 11.4 Å². The average Bonchev–Trinajstić information content (AvgIpc) is 2.47. The highest BCUT2D eigenvalue weighted by Crippen LogP contribution is 2.17. The second-order valence-electron chi connectivity index (χ2n) is 4.76. The van der Waals surface area contributed by atoms with E-state index >= 15 is 0 Å². The zero-order valence-corrected chi connectivity index (χ0v) is 12.1. The normalized spacial score (nSPS) is 10.3. The van der Waals surface area contributed by atoms with Gasteiger partial charge in [0.2, 0.25) is 11.8 Å². The van der Waals surface area contributed by atoms with E-state index in [0.717, 1.165) is 23.1 Å². The molecule has 7 heteroatoms. The van der Waals surface area contributed by atoms with Crippen molar-refractivity contribution in [2.45, 2.75) is 6.92 Å². The summed E-state index contributed by atoms with van der Waals surface area (Å²) >= 11 is 0. The number of carbonyl (C=O) groups is 2. The largest absolute Gasteiger partial charge is 0.322 e. The van der Waals surface area contributed by atoms with E-state index in [0.29, 0.717) is 6.07 Å². The van der Waals surface area contributed by atoms with Crippen molar-refractivity contribution in [3.63, 3.8) is 0 Å². The molecule has 23 heavy (non-hydrogen) atoms. The van der Waals surface area contributed by atoms with Gasteiger partial charge in [-0.25, -0.2) is 13.2 Å². The average molecular weight is 322 g/mol. The fourth-order valence-electron chi connectivity index (χ4n) is 1.95. The van der Waals surface area contributed by atoms with Gasteiger partial charge in [0, 0.05) is 18.7 Å². The summed E-state index contributed by atoms with van der Waals surface area (Å²) in [7, 11) is 0. The minimum Gasteiger partial charge on any atom is -0.322 e. The molecule has 0 heterocycles. The summed E-state index contributed by atoms with van der Waals surface area (Å²) in [5.41, 5.74) is -0.00799. The lowest BCUT2D eigenvalue weighted by molar-refractivity contribution is -0.120. The van der Waals surface area contributed by atoms with E-state index in [1.165, 1.54) is 25.1 Å². The lowest BCUT2D eigenvalue weighted by Crippen LogP contribution is -2.36. The third kappa shape index (κ3) is 4.32. The van der Waals surface area contributed by atoms with Gasteiger partial charge in [-0.3, -0.25) is 9.59 Å². The first-order valence-electron chi connectivity index (χ1n) is 6.65. The summed E-state index contributed by atoms with van der Waals surface area (Å²) in [6.45, 7) is 0.784. The first kappa shape index (κ1) is 16.5. The Kier molecular flexibility index (Phi) is 5.00. The number of benzene rings is 2. The number of amides is 2. The van der Waals surface area contributed by atoms with Crippen molar-refractivity contribution in [2.75, 3.05) is 16.8 Å². The Labute approximate surface area is 130 Å². The minimum atomic E-state index is -0.932. The molecule has 0 radical (unpaired) electrons. The zero-order chi connectivity index (χ0) is 17.0. The predicted molar refractivity (Wildman–Crippen MR) is 79.4 cm³/mol. The van der Waals surface area contributed by atoms with Crippen LogP contribution in [0.2, 0.25) is 0 Å². The minimum absolute atomic E-state index is 0.201. The van der Waals surface area contributed by atoms with Crippen LogP contribution in [0.15, 0.2) is 42.5 Å². The van der Waals surface area contributed by atoms with Crippen molar-refractivity contribution in [1.82, 2.24) is 0 Å². The Morgan fingerprint density at radius 3 is 2.35 bits per heavy atom. The number of rotatable bonds is 4. The van der Waals surface area contributed by atoms with Crippen LogP contribution in [0.25, 0.3) is 0 Å². The van der Waals surface area contributed by atoms with Crippen LogP contribution in [0.5, 0.6) is 0 Å². The SMILES string of the molecule is CC(=O)N(CC(=O)Nc1ccc(F)cc1F)c1cccc(F)c1. The van der Waals surface area contributed by atoms with Crippen LogP contribution in [-0.2, 0) is 9.59 Å². The topological polar surface area (TPSA) is 49.4 Å². The second kappa shape index (κ2) is 6.95. The maximum atomic E-state index is 13.5. The van der Waals surface area contributed by atoms with Crippen LogP contribution in [0, 0.1) is 17.5 Å². The summed E-state index contributed by atoms with van der Waals surface area (Å²) in [6.07, 6.45) is 0. The monoisotopic (exact) mass is 322 g/mol. The number of anilines is 2. The van der Waals surface area contributed by atoms with Crippen LogP contribution in [0.3, 0.4) is 0 Å². The lowest BCUT2D eigenvalue weighted by atomic mass is 10.2. The molecule has 2 aromatic carbocycles. The van der Waals surface area contributed by atoms with Crippen molar-refractivity contribution in [1.29, 1.82) is 0 Å². The van der Waals surface area contributed by atoms with E-state index in [1.54, 1.807) is 0 Å². The third-order valence-electron chi connectivity index (χ3n) is 3.01. The van der Waals surface area contributed by atoms with Gasteiger partial charge >= 0.3 is 0 Å². The highest BCUT2D eigenvalue weighted by molar-refractivity contribution is 6.01. The van der Waals surface area contributed by atoms with Gasteiger partial charge in [-0.1, -0.05) is 6.07 Å². The standard InChI is InChI=1S/C16H13F3N2O2/c1-10(22)21(13-4-2-3-11(17)7-13)9-16(23)20-15-6-5-12(18)8-14(15)19/h2-8H,9H2,1H3,(H,20,23). The van der Waals surface area contributed by atoms with Crippen molar-refractivity contribution in [3.8, 4) is 0 Å². The van der Waals surface area contributed by atoms with E-state index in [1.807, 2.05) is 0 Å². The molecule has 0 bridgehead atoms. The molecule has 0 aliphatic heterocycles. The van der Waals surface area contributed by atoms with Gasteiger partial charge in [0.25, 0.3) is 0 Å². The van der Waals surface area contributed by atoms with Crippen LogP contribution < -0.4 is 10.2 Å². The molecule has 0 saturated heterocycles. The third-order valence-corrected chi connectivity index (χ3v) is 3.01. The van der Waals surface area contributed by atoms with Crippen molar-refractivity contribution >= 4 is 23.2 Å². The van der Waals surface area contributed by atoms with Gasteiger partial charge in [-0.15, -0.1) is 0 Å². The van der Waals surface area contributed by atoms with Crippen LogP contribution >= 0.6 is 0 Å². The fraction of sp³-hybridized carbons (Fsp3) is 0.125. The Morgan fingerprint density at radius 2 is 1.74 bits per heavy atom.